The van der Waals surface area contributed by atoms with Gasteiger partial charge in [-0.15, -0.1) is 0 Å². The van der Waals surface area contributed by atoms with Crippen LogP contribution in [0.2, 0.25) is 0 Å². The lowest BCUT2D eigenvalue weighted by Gasteiger charge is -2.21. The molecule has 1 aromatic carbocycles. The van der Waals surface area contributed by atoms with Gasteiger partial charge in [-0.25, -0.2) is 0 Å². The molecule has 0 unspecified atom stereocenters. The molecule has 1 atom stereocenters. The number of furan rings is 1. The molecule has 4 heteroatoms. The highest BCUT2D eigenvalue weighted by atomic mass is 79.9. The van der Waals surface area contributed by atoms with Gasteiger partial charge in [0.15, 0.2) is 5.78 Å². The second-order valence-electron chi connectivity index (χ2n) is 4.89. The Bertz CT molecular complexity index is 629. The number of nitrogens with one attached hydrogen (secondary N) is 1. The monoisotopic (exact) mass is 331 g/mol. The van der Waals surface area contributed by atoms with Crippen molar-refractivity contribution in [1.82, 2.24) is 0 Å². The molecule has 3 rings (SSSR count). The summed E-state index contributed by atoms with van der Waals surface area (Å²) < 4.78 is 6.45. The Kier molecular flexibility index (Phi) is 3.74. The number of hydrogen-bond donors (Lipinski definition) is 1. The lowest BCUT2D eigenvalue weighted by molar-refractivity contribution is -0.115. The molecule has 1 aliphatic rings. The number of rotatable bonds is 3. The summed E-state index contributed by atoms with van der Waals surface area (Å²) in [5.41, 5.74) is 1.91. The van der Waals surface area contributed by atoms with Gasteiger partial charge in [-0.3, -0.25) is 4.79 Å². The molecule has 1 aliphatic carbocycles. The van der Waals surface area contributed by atoms with Crippen molar-refractivity contribution >= 4 is 27.4 Å². The zero-order chi connectivity index (χ0) is 13.9. The Morgan fingerprint density at radius 3 is 2.65 bits per heavy atom. The molecular weight excluding hydrogens is 318 g/mol. The summed E-state index contributed by atoms with van der Waals surface area (Å²) in [6, 6.07) is 11.7. The van der Waals surface area contributed by atoms with Crippen LogP contribution in [0, 0.1) is 0 Å². The van der Waals surface area contributed by atoms with Crippen molar-refractivity contribution in [2.45, 2.75) is 18.8 Å². The van der Waals surface area contributed by atoms with Crippen molar-refractivity contribution in [3.63, 3.8) is 0 Å². The van der Waals surface area contributed by atoms with E-state index in [-0.39, 0.29) is 11.7 Å². The van der Waals surface area contributed by atoms with Gasteiger partial charge in [0.05, 0.1) is 6.26 Å². The van der Waals surface area contributed by atoms with Crippen LogP contribution in [0.3, 0.4) is 0 Å². The van der Waals surface area contributed by atoms with Crippen LogP contribution in [0.25, 0.3) is 0 Å². The van der Waals surface area contributed by atoms with E-state index < -0.39 is 0 Å². The van der Waals surface area contributed by atoms with Gasteiger partial charge in [0.25, 0.3) is 0 Å². The molecule has 0 aliphatic heterocycles. The van der Waals surface area contributed by atoms with Gasteiger partial charge < -0.3 is 9.73 Å². The van der Waals surface area contributed by atoms with Gasteiger partial charge in [-0.2, -0.15) is 0 Å². The lowest BCUT2D eigenvalue weighted by atomic mass is 9.89. The summed E-state index contributed by atoms with van der Waals surface area (Å²) in [6.07, 6.45) is 4.65. The zero-order valence-electron chi connectivity index (χ0n) is 10.8. The SMILES string of the molecule is O=C1C=C(Nc2ccc(Br)cc2)C[C@@H](c2ccco2)C1. The summed E-state index contributed by atoms with van der Waals surface area (Å²) in [4.78, 5) is 11.9. The van der Waals surface area contributed by atoms with Crippen molar-refractivity contribution in [2.75, 3.05) is 5.32 Å². The molecule has 3 nitrogen and oxygen atoms in total. The molecular formula is C16H14BrNO2. The molecule has 0 radical (unpaired) electrons. The van der Waals surface area contributed by atoms with Crippen molar-refractivity contribution < 1.29 is 9.21 Å². The quantitative estimate of drug-likeness (QED) is 0.901. The van der Waals surface area contributed by atoms with E-state index in [2.05, 4.69) is 21.2 Å². The number of halogens is 1. The molecule has 2 aromatic rings. The van der Waals surface area contributed by atoms with Crippen LogP contribution in [0.5, 0.6) is 0 Å². The number of ketones is 1. The van der Waals surface area contributed by atoms with E-state index in [1.165, 1.54) is 0 Å². The van der Waals surface area contributed by atoms with Gasteiger partial charge >= 0.3 is 0 Å². The molecule has 0 saturated carbocycles. The van der Waals surface area contributed by atoms with Crippen LogP contribution in [-0.4, -0.2) is 5.78 Å². The van der Waals surface area contributed by atoms with Gasteiger partial charge in [0.1, 0.15) is 5.76 Å². The van der Waals surface area contributed by atoms with Gasteiger partial charge in [0, 0.05) is 34.3 Å². The van der Waals surface area contributed by atoms with E-state index in [4.69, 9.17) is 4.42 Å². The number of anilines is 1. The Hall–Kier alpha value is -1.81. The normalized spacial score (nSPS) is 18.8. The van der Waals surface area contributed by atoms with E-state index in [1.807, 2.05) is 36.4 Å². The minimum atomic E-state index is 0.125. The van der Waals surface area contributed by atoms with Gasteiger partial charge in [-0.1, -0.05) is 15.9 Å². The van der Waals surface area contributed by atoms with Gasteiger partial charge in [0.2, 0.25) is 0 Å². The minimum Gasteiger partial charge on any atom is -0.469 e. The predicted octanol–water partition coefficient (Wildman–Crippen LogP) is 4.48. The largest absolute Gasteiger partial charge is 0.469 e. The van der Waals surface area contributed by atoms with E-state index in [0.29, 0.717) is 6.42 Å². The average Bonchev–Trinajstić information content (AvgIpc) is 2.95. The Morgan fingerprint density at radius 1 is 1.15 bits per heavy atom. The van der Waals surface area contributed by atoms with E-state index in [0.717, 1.165) is 28.0 Å². The first-order valence-electron chi connectivity index (χ1n) is 6.50. The fourth-order valence-corrected chi connectivity index (χ4v) is 2.69. The second-order valence-corrected chi connectivity index (χ2v) is 5.80. The highest BCUT2D eigenvalue weighted by Gasteiger charge is 2.24. The number of allylic oxidation sites excluding steroid dienone is 2. The molecule has 1 aromatic heterocycles. The molecule has 1 heterocycles. The summed E-state index contributed by atoms with van der Waals surface area (Å²) in [6.45, 7) is 0. The van der Waals surface area contributed by atoms with E-state index in [1.54, 1.807) is 12.3 Å². The van der Waals surface area contributed by atoms with Gasteiger partial charge in [-0.05, 0) is 42.8 Å². The van der Waals surface area contributed by atoms with Crippen LogP contribution in [-0.2, 0) is 4.79 Å². The third kappa shape index (κ3) is 3.02. The molecule has 1 N–H and O–H groups in total. The molecule has 0 fully saturated rings. The van der Waals surface area contributed by atoms with Crippen molar-refractivity contribution in [1.29, 1.82) is 0 Å². The number of carbonyl (C=O) groups is 1. The summed E-state index contributed by atoms with van der Waals surface area (Å²) in [5.74, 6) is 1.14. The lowest BCUT2D eigenvalue weighted by Crippen LogP contribution is -2.16. The fraction of sp³-hybridized carbons (Fsp3) is 0.188. The van der Waals surface area contributed by atoms with Crippen LogP contribution < -0.4 is 5.32 Å². The van der Waals surface area contributed by atoms with Crippen LogP contribution in [0.4, 0.5) is 5.69 Å². The highest BCUT2D eigenvalue weighted by Crippen LogP contribution is 2.32. The molecule has 102 valence electrons. The molecule has 0 saturated heterocycles. The van der Waals surface area contributed by atoms with Crippen molar-refractivity contribution in [2.24, 2.45) is 0 Å². The summed E-state index contributed by atoms with van der Waals surface area (Å²) in [7, 11) is 0. The zero-order valence-corrected chi connectivity index (χ0v) is 12.4. The Morgan fingerprint density at radius 2 is 1.95 bits per heavy atom. The maximum absolute atomic E-state index is 11.9. The first kappa shape index (κ1) is 13.2. The topological polar surface area (TPSA) is 42.2 Å². The Labute approximate surface area is 125 Å². The smallest absolute Gasteiger partial charge is 0.158 e. The molecule has 0 bridgehead atoms. The first-order valence-corrected chi connectivity index (χ1v) is 7.29. The standard InChI is InChI=1S/C16H14BrNO2/c17-12-3-5-13(6-4-12)18-14-8-11(9-15(19)10-14)16-2-1-7-20-16/h1-7,10-11,18H,8-9H2/t11-/m1/s1. The van der Waals surface area contributed by atoms with Crippen molar-refractivity contribution in [3.05, 3.63) is 64.7 Å². The number of carbonyl (C=O) groups excluding carboxylic acids is 1. The Balaban J connectivity index is 1.76. The second kappa shape index (κ2) is 5.67. The summed E-state index contributed by atoms with van der Waals surface area (Å²) >= 11 is 3.41. The number of benzene rings is 1. The fourth-order valence-electron chi connectivity index (χ4n) is 2.42. The van der Waals surface area contributed by atoms with Crippen LogP contribution in [0.1, 0.15) is 24.5 Å². The average molecular weight is 332 g/mol. The maximum atomic E-state index is 11.9. The van der Waals surface area contributed by atoms with Crippen LogP contribution in [0.15, 0.2) is 63.3 Å². The predicted molar refractivity (Wildman–Crippen MR) is 81.5 cm³/mol. The highest BCUT2D eigenvalue weighted by molar-refractivity contribution is 9.10. The molecule has 20 heavy (non-hydrogen) atoms. The molecule has 0 spiro atoms. The number of hydrogen-bond acceptors (Lipinski definition) is 3. The van der Waals surface area contributed by atoms with E-state index in [9.17, 15) is 4.79 Å². The van der Waals surface area contributed by atoms with Crippen LogP contribution >= 0.6 is 15.9 Å². The van der Waals surface area contributed by atoms with Crippen molar-refractivity contribution in [3.8, 4) is 0 Å². The summed E-state index contributed by atoms with van der Waals surface area (Å²) in [5, 5.41) is 3.31. The minimum absolute atomic E-state index is 0.125. The molecule has 0 amide bonds. The first-order chi connectivity index (χ1) is 9.70. The third-order valence-electron chi connectivity index (χ3n) is 3.34. The third-order valence-corrected chi connectivity index (χ3v) is 3.87. The van der Waals surface area contributed by atoms with E-state index >= 15 is 0 Å². The maximum Gasteiger partial charge on any atom is 0.158 e.